The van der Waals surface area contributed by atoms with Crippen molar-refractivity contribution in [1.82, 2.24) is 5.32 Å². The van der Waals surface area contributed by atoms with Crippen molar-refractivity contribution in [3.8, 4) is 5.75 Å². The lowest BCUT2D eigenvalue weighted by atomic mass is 10.2. The molecule has 1 aliphatic rings. The number of carbonyl (C=O) groups is 2. The second-order valence-corrected chi connectivity index (χ2v) is 5.27. The van der Waals surface area contributed by atoms with Crippen LogP contribution in [0.4, 0.5) is 5.69 Å². The minimum Gasteiger partial charge on any atom is -0.497 e. The van der Waals surface area contributed by atoms with E-state index in [9.17, 15) is 9.59 Å². The van der Waals surface area contributed by atoms with Gasteiger partial charge in [0.05, 0.1) is 13.2 Å². The lowest BCUT2D eigenvalue weighted by Crippen LogP contribution is -2.39. The Hall–Kier alpha value is -2.04. The first kappa shape index (κ1) is 14.4. The van der Waals surface area contributed by atoms with Crippen LogP contribution in [0.3, 0.4) is 0 Å². The topological polar surface area (TPSA) is 58.6 Å². The van der Waals surface area contributed by atoms with Crippen LogP contribution in [-0.2, 0) is 9.59 Å². The number of methoxy groups -OCH3 is 1. The van der Waals surface area contributed by atoms with E-state index >= 15 is 0 Å². The molecule has 1 aliphatic heterocycles. The first-order valence-corrected chi connectivity index (χ1v) is 6.76. The highest BCUT2D eigenvalue weighted by molar-refractivity contribution is 5.97. The van der Waals surface area contributed by atoms with E-state index in [2.05, 4.69) is 5.32 Å². The molecule has 5 heteroatoms. The highest BCUT2D eigenvalue weighted by Crippen LogP contribution is 2.25. The number of amides is 2. The normalized spacial score (nSPS) is 18.5. The smallest absolute Gasteiger partial charge is 0.229 e. The fourth-order valence-electron chi connectivity index (χ4n) is 2.20. The molecule has 0 bridgehead atoms. The number of rotatable bonds is 4. The van der Waals surface area contributed by atoms with Gasteiger partial charge in [-0.25, -0.2) is 0 Å². The van der Waals surface area contributed by atoms with E-state index in [0.717, 1.165) is 5.69 Å². The third-order valence-corrected chi connectivity index (χ3v) is 3.36. The van der Waals surface area contributed by atoms with Gasteiger partial charge in [0.2, 0.25) is 11.8 Å². The Balaban J connectivity index is 2.07. The van der Waals surface area contributed by atoms with Crippen LogP contribution < -0.4 is 15.0 Å². The van der Waals surface area contributed by atoms with E-state index in [1.165, 1.54) is 0 Å². The number of hydrogen-bond acceptors (Lipinski definition) is 3. The molecular weight excluding hydrogens is 256 g/mol. The molecule has 1 N–H and O–H groups in total. The number of carbonyl (C=O) groups excluding carboxylic acids is 2. The summed E-state index contributed by atoms with van der Waals surface area (Å²) in [6, 6.07) is 7.25. The van der Waals surface area contributed by atoms with Crippen molar-refractivity contribution in [2.75, 3.05) is 18.6 Å². The van der Waals surface area contributed by atoms with Crippen LogP contribution in [0.2, 0.25) is 0 Å². The predicted molar refractivity (Wildman–Crippen MR) is 76.7 cm³/mol. The number of hydrogen-bond donors (Lipinski definition) is 1. The molecule has 2 rings (SSSR count). The van der Waals surface area contributed by atoms with Gasteiger partial charge in [0.25, 0.3) is 0 Å². The van der Waals surface area contributed by atoms with Crippen LogP contribution in [0.25, 0.3) is 0 Å². The van der Waals surface area contributed by atoms with E-state index in [0.29, 0.717) is 18.7 Å². The third-order valence-electron chi connectivity index (χ3n) is 3.36. The number of anilines is 1. The minimum atomic E-state index is -0.122. The van der Waals surface area contributed by atoms with Gasteiger partial charge in [-0.15, -0.1) is 0 Å². The highest BCUT2D eigenvalue weighted by atomic mass is 16.5. The van der Waals surface area contributed by atoms with Gasteiger partial charge in [-0.2, -0.15) is 0 Å². The lowest BCUT2D eigenvalue weighted by Gasteiger charge is -2.18. The molecule has 1 aromatic carbocycles. The fraction of sp³-hybridized carbons (Fsp3) is 0.467. The molecule has 20 heavy (non-hydrogen) atoms. The Morgan fingerprint density at radius 1 is 1.45 bits per heavy atom. The molecule has 0 spiro atoms. The Labute approximate surface area is 118 Å². The number of nitrogens with zero attached hydrogens (tertiary/aromatic N) is 1. The van der Waals surface area contributed by atoms with Gasteiger partial charge in [0, 0.05) is 30.6 Å². The largest absolute Gasteiger partial charge is 0.497 e. The molecule has 1 saturated heterocycles. The second-order valence-electron chi connectivity index (χ2n) is 5.27. The SMILES string of the molecule is COc1cccc(N2CC(NC(=O)C(C)C)CC2=O)c1. The zero-order chi connectivity index (χ0) is 14.7. The van der Waals surface area contributed by atoms with E-state index < -0.39 is 0 Å². The van der Waals surface area contributed by atoms with Crippen LogP contribution in [0.15, 0.2) is 24.3 Å². The molecule has 108 valence electrons. The standard InChI is InChI=1S/C15H20N2O3/c1-10(2)15(19)16-11-7-14(18)17(9-11)12-5-4-6-13(8-12)20-3/h4-6,8,10-11H,7,9H2,1-3H3,(H,16,19). The van der Waals surface area contributed by atoms with E-state index in [-0.39, 0.29) is 23.8 Å². The molecule has 2 amide bonds. The summed E-state index contributed by atoms with van der Waals surface area (Å²) in [6.07, 6.45) is 0.343. The quantitative estimate of drug-likeness (QED) is 0.908. The van der Waals surface area contributed by atoms with E-state index in [1.807, 2.05) is 38.1 Å². The van der Waals surface area contributed by atoms with Gasteiger partial charge in [0.15, 0.2) is 0 Å². The molecule has 1 aromatic rings. The number of benzene rings is 1. The van der Waals surface area contributed by atoms with E-state index in [4.69, 9.17) is 4.74 Å². The predicted octanol–water partition coefficient (Wildman–Crippen LogP) is 1.57. The molecule has 1 heterocycles. The average molecular weight is 276 g/mol. The second kappa shape index (κ2) is 5.94. The maximum Gasteiger partial charge on any atom is 0.229 e. The summed E-state index contributed by atoms with van der Waals surface area (Å²) in [5, 5.41) is 2.90. The summed E-state index contributed by atoms with van der Waals surface area (Å²) < 4.78 is 5.16. The molecule has 0 radical (unpaired) electrons. The third kappa shape index (κ3) is 3.10. The number of nitrogens with one attached hydrogen (secondary N) is 1. The van der Waals surface area contributed by atoms with Crippen molar-refractivity contribution < 1.29 is 14.3 Å². The highest BCUT2D eigenvalue weighted by Gasteiger charge is 2.32. The lowest BCUT2D eigenvalue weighted by molar-refractivity contribution is -0.124. The Morgan fingerprint density at radius 2 is 2.20 bits per heavy atom. The molecule has 5 nitrogen and oxygen atoms in total. The Bertz CT molecular complexity index is 514. The summed E-state index contributed by atoms with van der Waals surface area (Å²) in [6.45, 7) is 4.18. The molecule has 0 aliphatic carbocycles. The Morgan fingerprint density at radius 3 is 2.85 bits per heavy atom. The molecule has 1 unspecified atom stereocenters. The zero-order valence-corrected chi connectivity index (χ0v) is 12.1. The van der Waals surface area contributed by atoms with Crippen molar-refractivity contribution in [2.45, 2.75) is 26.3 Å². The van der Waals surface area contributed by atoms with Crippen LogP contribution in [0.1, 0.15) is 20.3 Å². The molecule has 1 atom stereocenters. The molecule has 1 fully saturated rings. The van der Waals surface area contributed by atoms with Gasteiger partial charge >= 0.3 is 0 Å². The summed E-state index contributed by atoms with van der Waals surface area (Å²) in [5.74, 6) is 0.642. The van der Waals surface area contributed by atoms with Crippen molar-refractivity contribution in [3.63, 3.8) is 0 Å². The van der Waals surface area contributed by atoms with Crippen LogP contribution in [0.5, 0.6) is 5.75 Å². The maximum absolute atomic E-state index is 12.1. The van der Waals surface area contributed by atoms with Crippen LogP contribution in [0, 0.1) is 5.92 Å². The summed E-state index contributed by atoms with van der Waals surface area (Å²) in [7, 11) is 1.59. The number of ether oxygens (including phenoxy) is 1. The monoisotopic (exact) mass is 276 g/mol. The van der Waals surface area contributed by atoms with Crippen LogP contribution in [-0.4, -0.2) is 31.5 Å². The van der Waals surface area contributed by atoms with Gasteiger partial charge < -0.3 is 15.0 Å². The van der Waals surface area contributed by atoms with Gasteiger partial charge in [-0.05, 0) is 12.1 Å². The molecule has 0 aromatic heterocycles. The van der Waals surface area contributed by atoms with Crippen molar-refractivity contribution in [1.29, 1.82) is 0 Å². The van der Waals surface area contributed by atoms with Crippen molar-refractivity contribution in [3.05, 3.63) is 24.3 Å². The Kier molecular flexibility index (Phi) is 4.27. The summed E-state index contributed by atoms with van der Waals surface area (Å²) >= 11 is 0. The maximum atomic E-state index is 12.1. The average Bonchev–Trinajstić information content (AvgIpc) is 2.79. The van der Waals surface area contributed by atoms with Gasteiger partial charge in [-0.3, -0.25) is 9.59 Å². The first-order valence-electron chi connectivity index (χ1n) is 6.76. The first-order chi connectivity index (χ1) is 9.51. The molecule has 0 saturated carbocycles. The summed E-state index contributed by atoms with van der Waals surface area (Å²) in [5.41, 5.74) is 0.802. The van der Waals surface area contributed by atoms with Gasteiger partial charge in [-0.1, -0.05) is 19.9 Å². The van der Waals surface area contributed by atoms with Crippen molar-refractivity contribution >= 4 is 17.5 Å². The fourth-order valence-corrected chi connectivity index (χ4v) is 2.20. The van der Waals surface area contributed by atoms with Crippen molar-refractivity contribution in [2.24, 2.45) is 5.92 Å². The van der Waals surface area contributed by atoms with E-state index in [1.54, 1.807) is 12.0 Å². The van der Waals surface area contributed by atoms with Gasteiger partial charge in [0.1, 0.15) is 5.75 Å². The minimum absolute atomic E-state index is 0.0182. The summed E-state index contributed by atoms with van der Waals surface area (Å²) in [4.78, 5) is 25.4. The van der Waals surface area contributed by atoms with Crippen LogP contribution >= 0.6 is 0 Å². The zero-order valence-electron chi connectivity index (χ0n) is 12.1. The molecular formula is C15H20N2O3.